The second-order valence-electron chi connectivity index (χ2n) is 7.90. The number of nitrogens with zero attached hydrogens (tertiary/aromatic N) is 3. The van der Waals surface area contributed by atoms with E-state index in [2.05, 4.69) is 37.2 Å². The predicted octanol–water partition coefficient (Wildman–Crippen LogP) is 3.47. The highest BCUT2D eigenvalue weighted by Crippen LogP contribution is 2.16. The molecule has 1 saturated heterocycles. The Bertz CT molecular complexity index is 650. The van der Waals surface area contributed by atoms with Gasteiger partial charge in [-0.3, -0.25) is 0 Å². The number of likely N-dealkylation sites (N-methyl/N-ethyl adjacent to an activating group) is 1. The van der Waals surface area contributed by atoms with Crippen molar-refractivity contribution in [1.29, 1.82) is 0 Å². The van der Waals surface area contributed by atoms with Gasteiger partial charge in [0.1, 0.15) is 6.61 Å². The first-order valence-corrected chi connectivity index (χ1v) is 11.0. The van der Waals surface area contributed by atoms with Crippen LogP contribution in [0, 0.1) is 0 Å². The van der Waals surface area contributed by atoms with Gasteiger partial charge in [-0.1, -0.05) is 24.3 Å². The van der Waals surface area contributed by atoms with Crippen LogP contribution in [0.5, 0.6) is 0 Å². The fraction of sp³-hybridized carbons (Fsp3) is 0.682. The summed E-state index contributed by atoms with van der Waals surface area (Å²) in [5, 5.41) is 6.62. The van der Waals surface area contributed by atoms with Crippen molar-refractivity contribution >= 4 is 29.9 Å². The molecule has 1 heterocycles. The molecule has 32 heavy (non-hydrogen) atoms. The summed E-state index contributed by atoms with van der Waals surface area (Å²) in [4.78, 5) is 9.49. The summed E-state index contributed by atoms with van der Waals surface area (Å²) in [5.74, 6) is 0.777. The highest BCUT2D eigenvalue weighted by atomic mass is 127. The molecule has 0 atom stereocenters. The number of hydrogen-bond acceptors (Lipinski definition) is 4. The first-order chi connectivity index (χ1) is 14.9. The van der Waals surface area contributed by atoms with Crippen molar-refractivity contribution in [2.45, 2.75) is 39.1 Å². The molecule has 0 aliphatic carbocycles. The zero-order valence-corrected chi connectivity index (χ0v) is 21.4. The van der Waals surface area contributed by atoms with Gasteiger partial charge in [-0.25, -0.2) is 4.99 Å². The van der Waals surface area contributed by atoms with Crippen LogP contribution in [0.4, 0.5) is 13.2 Å². The zero-order valence-electron chi connectivity index (χ0n) is 19.1. The molecule has 1 aliphatic heterocycles. The molecule has 0 bridgehead atoms. The minimum Gasteiger partial charge on any atom is -0.367 e. The molecule has 1 aromatic carbocycles. The number of piperazine rings is 1. The summed E-state index contributed by atoms with van der Waals surface area (Å²) >= 11 is 0. The van der Waals surface area contributed by atoms with Crippen molar-refractivity contribution < 1.29 is 17.9 Å². The lowest BCUT2D eigenvalue weighted by molar-refractivity contribution is -0.176. The molecule has 0 unspecified atom stereocenters. The van der Waals surface area contributed by atoms with Crippen molar-refractivity contribution in [2.75, 3.05) is 59.5 Å². The number of nitrogens with one attached hydrogen (secondary N) is 2. The Morgan fingerprint density at radius 3 is 2.31 bits per heavy atom. The summed E-state index contributed by atoms with van der Waals surface area (Å²) < 4.78 is 41.1. The third-order valence-corrected chi connectivity index (χ3v) is 5.11. The van der Waals surface area contributed by atoms with Crippen LogP contribution in [0.2, 0.25) is 0 Å². The number of aliphatic imine (C=N–C) groups is 1. The van der Waals surface area contributed by atoms with E-state index in [1.807, 2.05) is 19.1 Å². The van der Waals surface area contributed by atoms with E-state index in [9.17, 15) is 13.2 Å². The molecule has 2 rings (SSSR count). The number of rotatable bonds is 11. The highest BCUT2D eigenvalue weighted by Gasteiger charge is 2.27. The molecule has 0 aromatic heterocycles. The standard InChI is InChI=1S/C22H36F3N5O.HI/c1-3-26-21(27-10-4-5-11-30-14-12-29(2)13-15-30)28-16-19-6-8-20(9-7-19)17-31-18-22(23,24)25;/h6-9H,3-5,10-18H2,1-2H3,(H2,26,27,28);1H. The van der Waals surface area contributed by atoms with Gasteiger partial charge in [0.25, 0.3) is 0 Å². The number of unbranched alkanes of at least 4 members (excludes halogenated alkanes) is 1. The van der Waals surface area contributed by atoms with Gasteiger partial charge in [-0.15, -0.1) is 24.0 Å². The number of ether oxygens (including phenoxy) is 1. The van der Waals surface area contributed by atoms with Crippen molar-refractivity contribution in [3.63, 3.8) is 0 Å². The van der Waals surface area contributed by atoms with E-state index in [1.165, 1.54) is 0 Å². The topological polar surface area (TPSA) is 52.1 Å². The van der Waals surface area contributed by atoms with Gasteiger partial charge in [-0.2, -0.15) is 13.2 Å². The fourth-order valence-corrected chi connectivity index (χ4v) is 3.28. The zero-order chi connectivity index (χ0) is 22.5. The molecule has 10 heteroatoms. The number of halogens is 4. The Kier molecular flexibility index (Phi) is 14.2. The first kappa shape index (κ1) is 28.9. The lowest BCUT2D eigenvalue weighted by Gasteiger charge is -2.32. The van der Waals surface area contributed by atoms with E-state index < -0.39 is 12.8 Å². The van der Waals surface area contributed by atoms with Crippen LogP contribution in [0.15, 0.2) is 29.3 Å². The normalized spacial score (nSPS) is 16.0. The summed E-state index contributed by atoms with van der Waals surface area (Å²) in [5.41, 5.74) is 1.70. The molecule has 184 valence electrons. The van der Waals surface area contributed by atoms with E-state index in [0.717, 1.165) is 70.2 Å². The molecular weight excluding hydrogens is 534 g/mol. The van der Waals surface area contributed by atoms with E-state index in [-0.39, 0.29) is 30.6 Å². The summed E-state index contributed by atoms with van der Waals surface area (Å²) in [6.45, 7) is 8.64. The van der Waals surface area contributed by atoms with Gasteiger partial charge >= 0.3 is 6.18 Å². The maximum atomic E-state index is 12.1. The van der Waals surface area contributed by atoms with Gasteiger partial charge in [-0.05, 0) is 44.5 Å². The second-order valence-corrected chi connectivity index (χ2v) is 7.90. The number of hydrogen-bond donors (Lipinski definition) is 2. The Labute approximate surface area is 207 Å². The molecule has 2 N–H and O–H groups in total. The average Bonchev–Trinajstić information content (AvgIpc) is 2.73. The van der Waals surface area contributed by atoms with Crippen molar-refractivity contribution in [3.8, 4) is 0 Å². The lowest BCUT2D eigenvalue weighted by atomic mass is 10.1. The van der Waals surface area contributed by atoms with Crippen LogP contribution in [0.25, 0.3) is 0 Å². The fourth-order valence-electron chi connectivity index (χ4n) is 3.28. The Morgan fingerprint density at radius 1 is 1.03 bits per heavy atom. The van der Waals surface area contributed by atoms with Crippen LogP contribution < -0.4 is 10.6 Å². The predicted molar refractivity (Wildman–Crippen MR) is 134 cm³/mol. The van der Waals surface area contributed by atoms with Crippen LogP contribution >= 0.6 is 24.0 Å². The quantitative estimate of drug-likeness (QED) is 0.185. The minimum absolute atomic E-state index is 0. The Balaban J connectivity index is 0.00000512. The van der Waals surface area contributed by atoms with E-state index >= 15 is 0 Å². The smallest absolute Gasteiger partial charge is 0.367 e. The Morgan fingerprint density at radius 2 is 1.69 bits per heavy atom. The molecule has 0 saturated carbocycles. The molecule has 1 aromatic rings. The van der Waals surface area contributed by atoms with Crippen molar-refractivity contribution in [2.24, 2.45) is 4.99 Å². The second kappa shape index (κ2) is 15.7. The van der Waals surface area contributed by atoms with Crippen molar-refractivity contribution in [3.05, 3.63) is 35.4 Å². The van der Waals surface area contributed by atoms with Gasteiger partial charge < -0.3 is 25.2 Å². The van der Waals surface area contributed by atoms with Gasteiger partial charge in [0, 0.05) is 39.3 Å². The molecule has 0 radical (unpaired) electrons. The molecule has 1 fully saturated rings. The van der Waals surface area contributed by atoms with Gasteiger partial charge in [0.15, 0.2) is 5.96 Å². The number of alkyl halides is 3. The summed E-state index contributed by atoms with van der Waals surface area (Å²) in [7, 11) is 2.17. The van der Waals surface area contributed by atoms with E-state index in [1.54, 1.807) is 12.1 Å². The largest absolute Gasteiger partial charge is 0.411 e. The van der Waals surface area contributed by atoms with Crippen molar-refractivity contribution in [1.82, 2.24) is 20.4 Å². The third kappa shape index (κ3) is 12.8. The van der Waals surface area contributed by atoms with E-state index in [0.29, 0.717) is 12.1 Å². The maximum Gasteiger partial charge on any atom is 0.411 e. The summed E-state index contributed by atoms with van der Waals surface area (Å²) in [6, 6.07) is 7.30. The molecule has 0 spiro atoms. The SMILES string of the molecule is CCNC(=NCc1ccc(COCC(F)(F)F)cc1)NCCCCN1CCN(C)CC1.I. The van der Waals surface area contributed by atoms with Crippen LogP contribution in [0.1, 0.15) is 30.9 Å². The third-order valence-electron chi connectivity index (χ3n) is 5.11. The molecule has 6 nitrogen and oxygen atoms in total. The van der Waals surface area contributed by atoms with E-state index in [4.69, 9.17) is 0 Å². The van der Waals surface area contributed by atoms with Crippen LogP contribution in [0.3, 0.4) is 0 Å². The molecule has 1 aliphatic rings. The van der Waals surface area contributed by atoms with Gasteiger partial charge in [0.05, 0.1) is 13.2 Å². The molecule has 0 amide bonds. The van der Waals surface area contributed by atoms with Crippen LogP contribution in [-0.4, -0.2) is 81.4 Å². The Hall–Kier alpha value is -1.11. The van der Waals surface area contributed by atoms with Crippen LogP contribution in [-0.2, 0) is 17.9 Å². The number of guanidine groups is 1. The minimum atomic E-state index is -4.30. The first-order valence-electron chi connectivity index (χ1n) is 11.0. The summed E-state index contributed by atoms with van der Waals surface area (Å²) in [6.07, 6.45) is -2.05. The maximum absolute atomic E-state index is 12.1. The molecular formula is C22H37F3IN5O. The highest BCUT2D eigenvalue weighted by molar-refractivity contribution is 14.0. The van der Waals surface area contributed by atoms with Gasteiger partial charge in [0.2, 0.25) is 0 Å². The monoisotopic (exact) mass is 571 g/mol. The number of benzene rings is 1. The average molecular weight is 571 g/mol. The lowest BCUT2D eigenvalue weighted by Crippen LogP contribution is -2.44.